The van der Waals surface area contributed by atoms with Crippen LogP contribution in [-0.2, 0) is 0 Å². The molecule has 1 N–H and O–H groups in total. The fraction of sp³-hybridized carbons (Fsp3) is 0.200. The van der Waals surface area contributed by atoms with Crippen molar-refractivity contribution in [2.75, 3.05) is 11.9 Å². The zero-order valence-corrected chi connectivity index (χ0v) is 8.71. The number of hydrogen-bond acceptors (Lipinski definition) is 4. The molecule has 0 fully saturated rings. The minimum atomic E-state index is 0.825. The van der Waals surface area contributed by atoms with Crippen LogP contribution in [0.25, 0.3) is 11.3 Å². The lowest BCUT2D eigenvalue weighted by Crippen LogP contribution is -2.00. The van der Waals surface area contributed by atoms with Crippen molar-refractivity contribution in [1.29, 1.82) is 0 Å². The summed E-state index contributed by atoms with van der Waals surface area (Å²) in [5.41, 5.74) is 2.05. The maximum Gasteiger partial charge on any atom is 0.148 e. The van der Waals surface area contributed by atoms with Crippen LogP contribution in [0.4, 0.5) is 5.82 Å². The lowest BCUT2D eigenvalue weighted by molar-refractivity contribution is 1.02. The molecule has 0 radical (unpaired) electrons. The lowest BCUT2D eigenvalue weighted by Gasteiger charge is -2.01. The zero-order valence-electron chi connectivity index (χ0n) is 7.90. The van der Waals surface area contributed by atoms with Gasteiger partial charge in [0.2, 0.25) is 0 Å². The van der Waals surface area contributed by atoms with Crippen LogP contribution in [0.5, 0.6) is 0 Å². The third-order valence-electron chi connectivity index (χ3n) is 1.84. The van der Waals surface area contributed by atoms with Crippen LogP contribution in [0.2, 0.25) is 0 Å². The van der Waals surface area contributed by atoms with Gasteiger partial charge in [-0.1, -0.05) is 0 Å². The van der Waals surface area contributed by atoms with E-state index in [1.54, 1.807) is 11.3 Å². The fourth-order valence-corrected chi connectivity index (χ4v) is 1.82. The van der Waals surface area contributed by atoms with Crippen LogP contribution in [0, 0.1) is 0 Å². The van der Waals surface area contributed by atoms with Crippen molar-refractivity contribution in [1.82, 2.24) is 10.2 Å². The molecule has 2 aromatic rings. The summed E-state index contributed by atoms with van der Waals surface area (Å²) in [7, 11) is 0. The van der Waals surface area contributed by atoms with Gasteiger partial charge in [0.25, 0.3) is 0 Å². The van der Waals surface area contributed by atoms with Crippen molar-refractivity contribution in [2.45, 2.75) is 6.92 Å². The van der Waals surface area contributed by atoms with Crippen LogP contribution in [-0.4, -0.2) is 16.7 Å². The first kappa shape index (κ1) is 9.15. The van der Waals surface area contributed by atoms with Crippen molar-refractivity contribution in [3.8, 4) is 11.3 Å². The molecule has 0 bridgehead atoms. The standard InChI is InChI=1S/C10H11N3S/c1-2-11-10-4-3-9(12-13-10)8-5-6-14-7-8/h3-7H,2H2,1H3,(H,11,13). The van der Waals surface area contributed by atoms with Crippen molar-refractivity contribution in [3.63, 3.8) is 0 Å². The summed E-state index contributed by atoms with van der Waals surface area (Å²) in [5.74, 6) is 0.825. The molecule has 4 heteroatoms. The third-order valence-corrected chi connectivity index (χ3v) is 2.52. The number of aromatic nitrogens is 2. The summed E-state index contributed by atoms with van der Waals surface area (Å²) in [6, 6.07) is 5.97. The first-order chi connectivity index (χ1) is 6.90. The number of hydrogen-bond donors (Lipinski definition) is 1. The lowest BCUT2D eigenvalue weighted by atomic mass is 10.2. The van der Waals surface area contributed by atoms with Crippen LogP contribution in [0.1, 0.15) is 6.92 Å². The van der Waals surface area contributed by atoms with Crippen LogP contribution in [0.15, 0.2) is 29.0 Å². The van der Waals surface area contributed by atoms with E-state index in [4.69, 9.17) is 0 Å². The minimum absolute atomic E-state index is 0.825. The van der Waals surface area contributed by atoms with Crippen molar-refractivity contribution < 1.29 is 0 Å². The van der Waals surface area contributed by atoms with Gasteiger partial charge in [-0.05, 0) is 30.5 Å². The Hall–Kier alpha value is -1.42. The molecule has 2 aromatic heterocycles. The molecule has 0 saturated carbocycles. The average Bonchev–Trinajstić information content (AvgIpc) is 2.72. The topological polar surface area (TPSA) is 37.8 Å². The van der Waals surface area contributed by atoms with Gasteiger partial charge in [-0.2, -0.15) is 11.3 Å². The number of thiophene rings is 1. The second-order valence-electron chi connectivity index (χ2n) is 2.85. The third kappa shape index (κ3) is 1.90. The van der Waals surface area contributed by atoms with Gasteiger partial charge in [0.1, 0.15) is 5.82 Å². The second-order valence-corrected chi connectivity index (χ2v) is 3.63. The smallest absolute Gasteiger partial charge is 0.148 e. The Labute approximate surface area is 86.8 Å². The Balaban J connectivity index is 2.22. The first-order valence-corrected chi connectivity index (χ1v) is 5.44. The molecule has 3 nitrogen and oxygen atoms in total. The average molecular weight is 205 g/mol. The van der Waals surface area contributed by atoms with Gasteiger partial charge in [-0.25, -0.2) is 0 Å². The molecule has 2 rings (SSSR count). The summed E-state index contributed by atoms with van der Waals surface area (Å²) in [6.45, 7) is 2.90. The van der Waals surface area contributed by atoms with Gasteiger partial charge < -0.3 is 5.32 Å². The van der Waals surface area contributed by atoms with E-state index in [9.17, 15) is 0 Å². The quantitative estimate of drug-likeness (QED) is 0.837. The summed E-state index contributed by atoms with van der Waals surface area (Å²) in [6.07, 6.45) is 0. The summed E-state index contributed by atoms with van der Waals surface area (Å²) in [4.78, 5) is 0. The van der Waals surface area contributed by atoms with Crippen LogP contribution < -0.4 is 5.32 Å². The predicted octanol–water partition coefficient (Wildman–Crippen LogP) is 2.64. The minimum Gasteiger partial charge on any atom is -0.369 e. The Morgan fingerprint density at radius 2 is 2.21 bits per heavy atom. The second kappa shape index (κ2) is 4.19. The van der Waals surface area contributed by atoms with E-state index in [1.165, 1.54) is 0 Å². The molecule has 0 aliphatic rings. The first-order valence-electron chi connectivity index (χ1n) is 4.50. The highest BCUT2D eigenvalue weighted by molar-refractivity contribution is 7.08. The van der Waals surface area contributed by atoms with Gasteiger partial charge in [0.15, 0.2) is 0 Å². The molecule has 0 saturated heterocycles. The molecule has 0 amide bonds. The summed E-state index contributed by atoms with van der Waals surface area (Å²) < 4.78 is 0. The Bertz CT molecular complexity index is 380. The maximum atomic E-state index is 4.13. The van der Waals surface area contributed by atoms with Gasteiger partial charge >= 0.3 is 0 Å². The number of nitrogens with zero attached hydrogens (tertiary/aromatic N) is 2. The highest BCUT2D eigenvalue weighted by Gasteiger charge is 1.99. The molecule has 72 valence electrons. The molecule has 0 aromatic carbocycles. The van der Waals surface area contributed by atoms with E-state index in [2.05, 4.69) is 20.9 Å². The molecule has 2 heterocycles. The van der Waals surface area contributed by atoms with Gasteiger partial charge in [-0.3, -0.25) is 0 Å². The Kier molecular flexibility index (Phi) is 2.74. The van der Waals surface area contributed by atoms with E-state index in [0.29, 0.717) is 0 Å². The van der Waals surface area contributed by atoms with Crippen LogP contribution in [0.3, 0.4) is 0 Å². The summed E-state index contributed by atoms with van der Waals surface area (Å²) in [5, 5.41) is 15.4. The van der Waals surface area contributed by atoms with Crippen molar-refractivity contribution in [3.05, 3.63) is 29.0 Å². The molecule has 0 atom stereocenters. The Morgan fingerprint density at radius 3 is 2.79 bits per heavy atom. The highest BCUT2D eigenvalue weighted by atomic mass is 32.1. The van der Waals surface area contributed by atoms with Gasteiger partial charge in [0, 0.05) is 17.5 Å². The van der Waals surface area contributed by atoms with E-state index in [-0.39, 0.29) is 0 Å². The molecular formula is C10H11N3S. The molecular weight excluding hydrogens is 194 g/mol. The Morgan fingerprint density at radius 1 is 1.29 bits per heavy atom. The number of nitrogens with one attached hydrogen (secondary N) is 1. The zero-order chi connectivity index (χ0) is 9.80. The molecule has 0 spiro atoms. The van der Waals surface area contributed by atoms with Crippen molar-refractivity contribution >= 4 is 17.2 Å². The molecule has 0 unspecified atom stereocenters. The van der Waals surface area contributed by atoms with Gasteiger partial charge in [0.05, 0.1) is 5.69 Å². The van der Waals surface area contributed by atoms with E-state index in [0.717, 1.165) is 23.6 Å². The highest BCUT2D eigenvalue weighted by Crippen LogP contribution is 2.19. The van der Waals surface area contributed by atoms with Gasteiger partial charge in [-0.15, -0.1) is 10.2 Å². The molecule has 0 aliphatic carbocycles. The molecule has 0 aliphatic heterocycles. The van der Waals surface area contributed by atoms with E-state index < -0.39 is 0 Å². The predicted molar refractivity (Wildman–Crippen MR) is 59.5 cm³/mol. The summed E-state index contributed by atoms with van der Waals surface area (Å²) >= 11 is 1.67. The fourth-order valence-electron chi connectivity index (χ4n) is 1.17. The van der Waals surface area contributed by atoms with E-state index in [1.807, 2.05) is 30.5 Å². The molecule has 14 heavy (non-hydrogen) atoms. The SMILES string of the molecule is CCNc1ccc(-c2ccsc2)nn1. The van der Waals surface area contributed by atoms with Crippen molar-refractivity contribution in [2.24, 2.45) is 0 Å². The number of anilines is 1. The largest absolute Gasteiger partial charge is 0.369 e. The number of rotatable bonds is 3. The monoisotopic (exact) mass is 205 g/mol. The van der Waals surface area contributed by atoms with Crippen LogP contribution >= 0.6 is 11.3 Å². The maximum absolute atomic E-state index is 4.13. The van der Waals surface area contributed by atoms with E-state index >= 15 is 0 Å². The normalized spacial score (nSPS) is 10.1.